The van der Waals surface area contributed by atoms with E-state index in [-0.39, 0.29) is 11.8 Å². The maximum atomic E-state index is 12.8. The molecule has 0 spiro atoms. The van der Waals surface area contributed by atoms with E-state index in [1.165, 1.54) is 0 Å². The van der Waals surface area contributed by atoms with Crippen molar-refractivity contribution in [2.24, 2.45) is 11.7 Å². The first kappa shape index (κ1) is 32.4. The van der Waals surface area contributed by atoms with Gasteiger partial charge in [0.1, 0.15) is 0 Å². The first-order valence-corrected chi connectivity index (χ1v) is 7.09. The smallest absolute Gasteiger partial charge is 0.369 e. The van der Waals surface area contributed by atoms with Crippen molar-refractivity contribution in [2.45, 2.75) is 61.7 Å². The van der Waals surface area contributed by atoms with Gasteiger partial charge in [-0.05, 0) is 0 Å². The zero-order valence-corrected chi connectivity index (χ0v) is 14.9. The minimum absolute atomic E-state index is 0.00926. The van der Waals surface area contributed by atoms with E-state index in [2.05, 4.69) is 0 Å². The summed E-state index contributed by atoms with van der Waals surface area (Å²) in [5.74, 6) is -51.3. The minimum Gasteiger partial charge on any atom is -0.369 e. The van der Waals surface area contributed by atoms with Crippen LogP contribution in [0.5, 0.6) is 0 Å². The Balaban J connectivity index is 0. The Bertz CT molecular complexity index is 610. The van der Waals surface area contributed by atoms with Gasteiger partial charge in [0.2, 0.25) is 5.91 Å². The zero-order chi connectivity index (χ0) is 27.2. The quantitative estimate of drug-likeness (QED) is 0.422. The van der Waals surface area contributed by atoms with E-state index < -0.39 is 47.9 Å². The molecule has 194 valence electrons. The summed E-state index contributed by atoms with van der Waals surface area (Å²) in [5.41, 5.74) is 4.80. The fourth-order valence-electron chi connectivity index (χ4n) is 1.14. The second-order valence-electron chi connectivity index (χ2n) is 6.00. The van der Waals surface area contributed by atoms with Crippen LogP contribution in [-0.2, 0) is 4.79 Å². The molecule has 20 heteroatoms. The average Bonchev–Trinajstić information content (AvgIpc) is 2.52. The van der Waals surface area contributed by atoms with Crippen molar-refractivity contribution < 1.29 is 83.8 Å². The molecular weight excluding hydrogens is 516 g/mol. The monoisotopic (exact) mass is 525 g/mol. The van der Waals surface area contributed by atoms with Gasteiger partial charge in [-0.25, -0.2) is 0 Å². The Morgan fingerprint density at radius 3 is 0.688 bits per heavy atom. The van der Waals surface area contributed by atoms with Crippen molar-refractivity contribution in [1.29, 1.82) is 0 Å². The predicted molar refractivity (Wildman–Crippen MR) is 65.8 cm³/mol. The number of halogens is 18. The van der Waals surface area contributed by atoms with E-state index >= 15 is 0 Å². The van der Waals surface area contributed by atoms with Crippen LogP contribution < -0.4 is 5.73 Å². The van der Waals surface area contributed by atoms with Crippen molar-refractivity contribution in [2.75, 3.05) is 0 Å². The summed E-state index contributed by atoms with van der Waals surface area (Å²) >= 11 is 0. The molecule has 0 atom stereocenters. The number of primary amides is 1. The number of hydrogen-bond donors (Lipinski definition) is 1. The van der Waals surface area contributed by atoms with Crippen molar-refractivity contribution >= 4 is 5.91 Å². The van der Waals surface area contributed by atoms with Crippen molar-refractivity contribution in [3.05, 3.63) is 0 Å². The maximum Gasteiger partial charge on any atom is 0.460 e. The third-order valence-corrected chi connectivity index (χ3v) is 3.25. The van der Waals surface area contributed by atoms with E-state index in [0.717, 1.165) is 0 Å². The van der Waals surface area contributed by atoms with Gasteiger partial charge in [0.25, 0.3) is 0 Å². The van der Waals surface area contributed by atoms with Gasteiger partial charge in [-0.2, -0.15) is 79.0 Å². The van der Waals surface area contributed by atoms with E-state index in [9.17, 15) is 83.8 Å². The Labute approximate surface area is 164 Å². The highest BCUT2D eigenvalue weighted by Gasteiger charge is 2.95. The van der Waals surface area contributed by atoms with Gasteiger partial charge in [0, 0.05) is 5.92 Å². The molecule has 32 heavy (non-hydrogen) atoms. The minimum atomic E-state index is -8.72. The lowest BCUT2D eigenvalue weighted by Crippen LogP contribution is -2.74. The molecule has 0 bridgehead atoms. The third-order valence-electron chi connectivity index (χ3n) is 3.25. The van der Waals surface area contributed by atoms with Gasteiger partial charge in [0.15, 0.2) is 0 Å². The van der Waals surface area contributed by atoms with Crippen LogP contribution in [0.3, 0.4) is 0 Å². The lowest BCUT2D eigenvalue weighted by atomic mass is 9.91. The molecule has 1 amide bonds. The molecule has 0 saturated heterocycles. The molecule has 0 aromatic carbocycles. The molecule has 0 radical (unpaired) electrons. The van der Waals surface area contributed by atoms with Crippen LogP contribution in [-0.4, -0.2) is 53.8 Å². The number of carbonyl (C=O) groups excluding carboxylic acids is 1. The largest absolute Gasteiger partial charge is 0.460 e. The summed E-state index contributed by atoms with van der Waals surface area (Å²) in [4.78, 5) is 9.92. The highest BCUT2D eigenvalue weighted by molar-refractivity contribution is 5.75. The Morgan fingerprint density at radius 1 is 0.469 bits per heavy atom. The van der Waals surface area contributed by atoms with E-state index in [1.54, 1.807) is 13.8 Å². The molecule has 0 fully saturated rings. The average molecular weight is 525 g/mol. The maximum absolute atomic E-state index is 12.8. The van der Waals surface area contributed by atoms with Crippen molar-refractivity contribution in [3.63, 3.8) is 0 Å². The Morgan fingerprint density at radius 2 is 0.594 bits per heavy atom. The highest BCUT2D eigenvalue weighted by atomic mass is 19.4. The second-order valence-corrected chi connectivity index (χ2v) is 6.00. The molecule has 0 aliphatic rings. The fourth-order valence-corrected chi connectivity index (χ4v) is 1.14. The molecule has 0 unspecified atom stereocenters. The van der Waals surface area contributed by atoms with Crippen molar-refractivity contribution in [1.82, 2.24) is 0 Å². The highest BCUT2D eigenvalue weighted by Crippen LogP contribution is 2.63. The van der Waals surface area contributed by atoms with E-state index in [4.69, 9.17) is 5.73 Å². The number of nitrogens with two attached hydrogens (primary N) is 1. The molecule has 0 aliphatic heterocycles. The SMILES string of the molecule is CC(C)C(N)=O.FC(F)(F)C(F)(F)C(F)(F)C(F)(F)C(F)(F)C(F)(F)C(F)(F)C(F)(F)F. The summed E-state index contributed by atoms with van der Waals surface area (Å²) in [6, 6.07) is 0. The predicted octanol–water partition coefficient (Wildman–Crippen LogP) is 6.05. The summed E-state index contributed by atoms with van der Waals surface area (Å²) < 4.78 is 221. The lowest BCUT2D eigenvalue weighted by Gasteiger charge is -2.41. The van der Waals surface area contributed by atoms with Crippen LogP contribution in [0.1, 0.15) is 13.8 Å². The van der Waals surface area contributed by atoms with Gasteiger partial charge in [0.05, 0.1) is 0 Å². The molecular formula is C12H9F18NO. The summed E-state index contributed by atoms with van der Waals surface area (Å²) in [6.07, 6.45) is -15.6. The molecule has 2 N–H and O–H groups in total. The zero-order valence-electron chi connectivity index (χ0n) is 14.9. The molecule has 0 saturated carbocycles. The van der Waals surface area contributed by atoms with Gasteiger partial charge >= 0.3 is 47.9 Å². The molecule has 0 heterocycles. The molecule has 0 aromatic heterocycles. The van der Waals surface area contributed by atoms with Gasteiger partial charge < -0.3 is 5.73 Å². The number of rotatable bonds is 6. The Kier molecular flexibility index (Phi) is 8.63. The van der Waals surface area contributed by atoms with Crippen LogP contribution in [0.4, 0.5) is 79.0 Å². The summed E-state index contributed by atoms with van der Waals surface area (Å²) in [6.45, 7) is 3.53. The van der Waals surface area contributed by atoms with Crippen LogP contribution in [0.2, 0.25) is 0 Å². The number of amides is 1. The molecule has 0 aliphatic carbocycles. The van der Waals surface area contributed by atoms with E-state index in [0.29, 0.717) is 0 Å². The molecule has 2 nitrogen and oxygen atoms in total. The van der Waals surface area contributed by atoms with Gasteiger partial charge in [-0.1, -0.05) is 13.8 Å². The second kappa shape index (κ2) is 8.53. The first-order chi connectivity index (χ1) is 13.4. The van der Waals surface area contributed by atoms with Gasteiger partial charge in [-0.15, -0.1) is 0 Å². The number of alkyl halides is 18. The molecule has 0 rings (SSSR count). The standard InChI is InChI=1S/C8F18.C4H9NO/c9-1(10,3(13,14)5(17,18)7(21,22)23)2(11,12)4(15,16)6(19,20)8(24,25)26;1-3(2)4(5)6/h;3H,1-2H3,(H2,5,6). The first-order valence-electron chi connectivity index (χ1n) is 7.09. The third kappa shape index (κ3) is 4.91. The van der Waals surface area contributed by atoms with E-state index in [1.807, 2.05) is 0 Å². The van der Waals surface area contributed by atoms with Crippen molar-refractivity contribution in [3.8, 4) is 0 Å². The Hall–Kier alpha value is -1.79. The topological polar surface area (TPSA) is 43.1 Å². The summed E-state index contributed by atoms with van der Waals surface area (Å²) in [7, 11) is 0. The molecule has 0 aromatic rings. The van der Waals surface area contributed by atoms with Crippen LogP contribution >= 0.6 is 0 Å². The number of hydrogen-bond acceptors (Lipinski definition) is 1. The van der Waals surface area contributed by atoms with Crippen LogP contribution in [0, 0.1) is 5.92 Å². The fraction of sp³-hybridized carbons (Fsp3) is 0.917. The van der Waals surface area contributed by atoms with Crippen LogP contribution in [0.15, 0.2) is 0 Å². The normalized spacial score (nSPS) is 15.4. The number of carbonyl (C=O) groups is 1. The van der Waals surface area contributed by atoms with Crippen LogP contribution in [0.25, 0.3) is 0 Å². The summed E-state index contributed by atoms with van der Waals surface area (Å²) in [5, 5.41) is 0. The lowest BCUT2D eigenvalue weighted by molar-refractivity contribution is -0.468. The van der Waals surface area contributed by atoms with Gasteiger partial charge in [-0.3, -0.25) is 4.79 Å².